The summed E-state index contributed by atoms with van der Waals surface area (Å²) in [6.07, 6.45) is 0. The maximum atomic E-state index is 11.9. The third-order valence-electron chi connectivity index (χ3n) is 3.69. The summed E-state index contributed by atoms with van der Waals surface area (Å²) in [6, 6.07) is -0.293. The normalized spacial score (nSPS) is 32.9. The predicted octanol–water partition coefficient (Wildman–Crippen LogP) is -0.399. The number of methoxy groups -OCH3 is 1. The van der Waals surface area contributed by atoms with E-state index in [0.717, 1.165) is 0 Å². The van der Waals surface area contributed by atoms with Crippen LogP contribution in [0.4, 0.5) is 0 Å². The van der Waals surface area contributed by atoms with Crippen LogP contribution in [0.15, 0.2) is 0 Å². The number of rotatable bonds is 4. The lowest BCUT2D eigenvalue weighted by molar-refractivity contribution is -0.143. The van der Waals surface area contributed by atoms with Gasteiger partial charge in [0.15, 0.2) is 0 Å². The van der Waals surface area contributed by atoms with E-state index in [1.54, 1.807) is 7.11 Å². The first kappa shape index (κ1) is 11.5. The van der Waals surface area contributed by atoms with Gasteiger partial charge in [-0.1, -0.05) is 13.8 Å². The van der Waals surface area contributed by atoms with Crippen molar-refractivity contribution in [2.24, 2.45) is 23.0 Å². The van der Waals surface area contributed by atoms with E-state index in [0.29, 0.717) is 6.61 Å². The molecular weight excluding hydrogens is 208 g/mol. The standard InChI is InChI=1S/C11H18N2O3/c1-11(2)7-8(11)10(15)13(9(7)14)4-6(12)5-16-3/h6-8H,4-5,12H2,1-3H3. The zero-order valence-corrected chi connectivity index (χ0v) is 9.90. The maximum absolute atomic E-state index is 11.9. The van der Waals surface area contributed by atoms with Crippen LogP contribution in [0.2, 0.25) is 0 Å². The van der Waals surface area contributed by atoms with E-state index < -0.39 is 0 Å². The third kappa shape index (κ3) is 1.46. The monoisotopic (exact) mass is 226 g/mol. The van der Waals surface area contributed by atoms with Gasteiger partial charge in [0.25, 0.3) is 0 Å². The molecule has 90 valence electrons. The lowest BCUT2D eigenvalue weighted by atomic mass is 10.1. The van der Waals surface area contributed by atoms with Gasteiger partial charge in [0, 0.05) is 19.7 Å². The van der Waals surface area contributed by atoms with Crippen molar-refractivity contribution in [1.29, 1.82) is 0 Å². The molecule has 0 aromatic rings. The second kappa shape index (κ2) is 3.53. The van der Waals surface area contributed by atoms with E-state index in [-0.39, 0.29) is 41.7 Å². The molecular formula is C11H18N2O3. The second-order valence-electron chi connectivity index (χ2n) is 5.28. The number of imide groups is 1. The first-order valence-corrected chi connectivity index (χ1v) is 5.51. The van der Waals surface area contributed by atoms with Crippen molar-refractivity contribution >= 4 is 11.8 Å². The number of ether oxygens (including phenoxy) is 1. The van der Waals surface area contributed by atoms with E-state index in [9.17, 15) is 9.59 Å². The van der Waals surface area contributed by atoms with E-state index in [4.69, 9.17) is 10.5 Å². The van der Waals surface area contributed by atoms with E-state index in [1.165, 1.54) is 4.90 Å². The number of nitrogens with zero attached hydrogens (tertiary/aromatic N) is 1. The van der Waals surface area contributed by atoms with Gasteiger partial charge in [-0.3, -0.25) is 14.5 Å². The molecule has 1 heterocycles. The molecule has 2 aliphatic rings. The van der Waals surface area contributed by atoms with Crippen LogP contribution < -0.4 is 5.73 Å². The summed E-state index contributed by atoms with van der Waals surface area (Å²) in [5.74, 6) is -0.359. The van der Waals surface area contributed by atoms with Crippen LogP contribution in [0.1, 0.15) is 13.8 Å². The largest absolute Gasteiger partial charge is 0.383 e. The number of carbonyl (C=O) groups is 2. The zero-order valence-electron chi connectivity index (χ0n) is 9.90. The van der Waals surface area contributed by atoms with Gasteiger partial charge in [-0.05, 0) is 5.41 Å². The Morgan fingerprint density at radius 3 is 2.31 bits per heavy atom. The topological polar surface area (TPSA) is 72.6 Å². The Kier molecular flexibility index (Phi) is 2.55. The highest BCUT2D eigenvalue weighted by Crippen LogP contribution is 2.63. The van der Waals surface area contributed by atoms with Gasteiger partial charge in [0.2, 0.25) is 11.8 Å². The summed E-state index contributed by atoms with van der Waals surface area (Å²) in [5.41, 5.74) is 5.60. The van der Waals surface area contributed by atoms with Gasteiger partial charge >= 0.3 is 0 Å². The highest BCUT2D eigenvalue weighted by atomic mass is 16.5. The molecule has 5 heteroatoms. The molecule has 1 saturated heterocycles. The summed E-state index contributed by atoms with van der Waals surface area (Å²) < 4.78 is 4.89. The van der Waals surface area contributed by atoms with Crippen molar-refractivity contribution in [1.82, 2.24) is 4.90 Å². The van der Waals surface area contributed by atoms with Gasteiger partial charge < -0.3 is 10.5 Å². The van der Waals surface area contributed by atoms with Gasteiger partial charge in [0.05, 0.1) is 18.4 Å². The minimum Gasteiger partial charge on any atom is -0.383 e. The van der Waals surface area contributed by atoms with E-state index in [1.807, 2.05) is 13.8 Å². The fourth-order valence-corrected chi connectivity index (χ4v) is 2.69. The van der Waals surface area contributed by atoms with Crippen molar-refractivity contribution in [3.8, 4) is 0 Å². The molecule has 0 bridgehead atoms. The van der Waals surface area contributed by atoms with Crippen LogP contribution in [0, 0.1) is 17.3 Å². The van der Waals surface area contributed by atoms with Gasteiger partial charge in [0.1, 0.15) is 0 Å². The molecule has 0 aromatic heterocycles. The molecule has 3 unspecified atom stereocenters. The molecule has 1 aliphatic heterocycles. The zero-order chi connectivity index (χ0) is 12.1. The van der Waals surface area contributed by atoms with E-state index >= 15 is 0 Å². The fourth-order valence-electron chi connectivity index (χ4n) is 2.69. The number of hydrogen-bond acceptors (Lipinski definition) is 4. The van der Waals surface area contributed by atoms with Crippen LogP contribution in [0.3, 0.4) is 0 Å². The molecule has 0 spiro atoms. The summed E-state index contributed by atoms with van der Waals surface area (Å²) in [4.78, 5) is 25.1. The van der Waals surface area contributed by atoms with Gasteiger partial charge in [-0.2, -0.15) is 0 Å². The van der Waals surface area contributed by atoms with Crippen LogP contribution in [0.5, 0.6) is 0 Å². The highest BCUT2D eigenvalue weighted by Gasteiger charge is 2.72. The van der Waals surface area contributed by atoms with Crippen LogP contribution in [-0.2, 0) is 14.3 Å². The minimum absolute atomic E-state index is 0.0634. The lowest BCUT2D eigenvalue weighted by Crippen LogP contribution is -2.45. The van der Waals surface area contributed by atoms with Crippen molar-refractivity contribution in [3.05, 3.63) is 0 Å². The molecule has 1 aliphatic carbocycles. The summed E-state index contributed by atoms with van der Waals surface area (Å²) in [7, 11) is 1.55. The molecule has 5 nitrogen and oxygen atoms in total. The maximum Gasteiger partial charge on any atom is 0.233 e. The Labute approximate surface area is 94.9 Å². The Morgan fingerprint density at radius 2 is 1.88 bits per heavy atom. The number of hydrogen-bond donors (Lipinski definition) is 1. The van der Waals surface area contributed by atoms with Crippen LogP contribution in [-0.4, -0.2) is 43.0 Å². The van der Waals surface area contributed by atoms with Crippen molar-refractivity contribution in [2.45, 2.75) is 19.9 Å². The number of piperidine rings is 1. The Balaban J connectivity index is 2.00. The summed E-state index contributed by atoms with van der Waals surface area (Å²) >= 11 is 0. The molecule has 2 N–H and O–H groups in total. The molecule has 1 saturated carbocycles. The SMILES string of the molecule is COCC(N)CN1C(=O)C2C(C1=O)C2(C)C. The quantitative estimate of drug-likeness (QED) is 0.662. The fraction of sp³-hybridized carbons (Fsp3) is 0.818. The molecule has 0 radical (unpaired) electrons. The Bertz CT molecular complexity index is 316. The average molecular weight is 226 g/mol. The second-order valence-corrected chi connectivity index (χ2v) is 5.28. The number of likely N-dealkylation sites (tertiary alicyclic amines) is 1. The smallest absolute Gasteiger partial charge is 0.233 e. The number of carbonyl (C=O) groups excluding carboxylic acids is 2. The average Bonchev–Trinajstić information content (AvgIpc) is 2.66. The first-order valence-electron chi connectivity index (χ1n) is 5.51. The Hall–Kier alpha value is -0.940. The molecule has 16 heavy (non-hydrogen) atoms. The lowest BCUT2D eigenvalue weighted by Gasteiger charge is -2.23. The van der Waals surface area contributed by atoms with Gasteiger partial charge in [-0.15, -0.1) is 0 Å². The predicted molar refractivity (Wildman–Crippen MR) is 57.3 cm³/mol. The molecule has 0 aromatic carbocycles. The first-order chi connectivity index (χ1) is 7.41. The number of nitrogens with two attached hydrogens (primary N) is 1. The van der Waals surface area contributed by atoms with Crippen molar-refractivity contribution in [2.75, 3.05) is 20.3 Å². The summed E-state index contributed by atoms with van der Waals surface area (Å²) in [6.45, 7) is 4.56. The Morgan fingerprint density at radius 1 is 1.38 bits per heavy atom. The van der Waals surface area contributed by atoms with Crippen molar-refractivity contribution in [3.63, 3.8) is 0 Å². The third-order valence-corrected chi connectivity index (χ3v) is 3.69. The molecule has 2 amide bonds. The minimum atomic E-state index is -0.293. The van der Waals surface area contributed by atoms with E-state index in [2.05, 4.69) is 0 Å². The number of amides is 2. The molecule has 2 rings (SSSR count). The van der Waals surface area contributed by atoms with Gasteiger partial charge in [-0.25, -0.2) is 0 Å². The van der Waals surface area contributed by atoms with Crippen LogP contribution in [0.25, 0.3) is 0 Å². The highest BCUT2D eigenvalue weighted by molar-refractivity contribution is 6.10. The van der Waals surface area contributed by atoms with Crippen LogP contribution >= 0.6 is 0 Å². The molecule has 2 fully saturated rings. The molecule has 3 atom stereocenters. The van der Waals surface area contributed by atoms with Crippen molar-refractivity contribution < 1.29 is 14.3 Å². The number of fused-ring (bicyclic) bond motifs is 1. The summed E-state index contributed by atoms with van der Waals surface area (Å²) in [5, 5.41) is 0.